The Bertz CT molecular complexity index is 469. The summed E-state index contributed by atoms with van der Waals surface area (Å²) in [4.78, 5) is 28.1. The number of hydrogen-bond acceptors (Lipinski definition) is 5. The van der Waals surface area contributed by atoms with Gasteiger partial charge in [-0.05, 0) is 39.2 Å². The second-order valence-corrected chi connectivity index (χ2v) is 6.52. The molecule has 2 amide bonds. The largest absolute Gasteiger partial charge is 0.450 e. The molecule has 0 aromatic carbocycles. The molecule has 7 heteroatoms. The molecule has 2 rings (SSSR count). The van der Waals surface area contributed by atoms with E-state index in [1.807, 2.05) is 0 Å². The minimum Gasteiger partial charge on any atom is -0.450 e. The molecule has 0 spiro atoms. The van der Waals surface area contributed by atoms with Crippen molar-refractivity contribution in [2.45, 2.75) is 45.1 Å². The molecule has 0 aromatic heterocycles. The Morgan fingerprint density at radius 3 is 2.67 bits per heavy atom. The van der Waals surface area contributed by atoms with E-state index in [0.29, 0.717) is 26.1 Å². The maximum absolute atomic E-state index is 12.5. The topological polar surface area (TPSA) is 85.7 Å². The highest BCUT2D eigenvalue weighted by Gasteiger charge is 2.29. The zero-order valence-corrected chi connectivity index (χ0v) is 14.5. The molecule has 0 radical (unpaired) electrons. The van der Waals surface area contributed by atoms with Crippen LogP contribution in [-0.4, -0.2) is 67.2 Å². The Labute approximate surface area is 143 Å². The first-order valence-corrected chi connectivity index (χ1v) is 8.95. The molecule has 0 aliphatic carbocycles. The first kappa shape index (κ1) is 18.5. The normalized spacial score (nSPS) is 22.7. The van der Waals surface area contributed by atoms with Gasteiger partial charge in [-0.15, -0.1) is 0 Å². The summed E-state index contributed by atoms with van der Waals surface area (Å²) in [6.07, 6.45) is 3.72. The van der Waals surface area contributed by atoms with E-state index in [2.05, 4.69) is 16.3 Å². The molecule has 7 nitrogen and oxygen atoms in total. The highest BCUT2D eigenvalue weighted by molar-refractivity contribution is 5.79. The van der Waals surface area contributed by atoms with Gasteiger partial charge >= 0.3 is 6.09 Å². The lowest BCUT2D eigenvalue weighted by Crippen LogP contribution is -2.50. The standard InChI is InChI=1S/C17H28N4O3/c1-2-24-17(23)21-11-6-15(7-12-21)19-16(22)14-5-3-9-20(13-14)10-4-8-18/h14-15H,2-7,9-13H2,1H3,(H,19,22). The van der Waals surface area contributed by atoms with E-state index in [1.165, 1.54) is 0 Å². The number of likely N-dealkylation sites (tertiary alicyclic amines) is 2. The van der Waals surface area contributed by atoms with E-state index in [0.717, 1.165) is 45.3 Å². The first-order valence-electron chi connectivity index (χ1n) is 8.95. The number of carbonyl (C=O) groups is 2. The lowest BCUT2D eigenvalue weighted by Gasteiger charge is -2.35. The summed E-state index contributed by atoms with van der Waals surface area (Å²) in [7, 11) is 0. The van der Waals surface area contributed by atoms with Crippen LogP contribution in [0.3, 0.4) is 0 Å². The summed E-state index contributed by atoms with van der Waals surface area (Å²) in [5, 5.41) is 11.8. The van der Waals surface area contributed by atoms with Crippen molar-refractivity contribution in [1.29, 1.82) is 5.26 Å². The summed E-state index contributed by atoms with van der Waals surface area (Å²) in [6.45, 7) is 5.91. The highest BCUT2D eigenvalue weighted by atomic mass is 16.6. The molecule has 2 saturated heterocycles. The molecule has 1 N–H and O–H groups in total. The predicted molar refractivity (Wildman–Crippen MR) is 89.2 cm³/mol. The van der Waals surface area contributed by atoms with Gasteiger partial charge in [0.05, 0.1) is 18.6 Å². The first-order chi connectivity index (χ1) is 11.6. The number of nitrogens with one attached hydrogen (secondary N) is 1. The summed E-state index contributed by atoms with van der Waals surface area (Å²) < 4.78 is 5.01. The van der Waals surface area contributed by atoms with Gasteiger partial charge in [0.2, 0.25) is 5.91 Å². The average Bonchev–Trinajstić information content (AvgIpc) is 2.61. The molecule has 2 fully saturated rings. The molecule has 2 aliphatic rings. The quantitative estimate of drug-likeness (QED) is 0.819. The fourth-order valence-corrected chi connectivity index (χ4v) is 3.42. The molecule has 0 saturated carbocycles. The molecule has 1 unspecified atom stereocenters. The van der Waals surface area contributed by atoms with Gasteiger partial charge in [0, 0.05) is 38.6 Å². The fraction of sp³-hybridized carbons (Fsp3) is 0.824. The van der Waals surface area contributed by atoms with Gasteiger partial charge in [0.25, 0.3) is 0 Å². The van der Waals surface area contributed by atoms with Crippen LogP contribution in [0, 0.1) is 17.2 Å². The molecule has 0 aromatic rings. The molecule has 24 heavy (non-hydrogen) atoms. The van der Waals surface area contributed by atoms with Crippen molar-refractivity contribution in [2.24, 2.45) is 5.92 Å². The van der Waals surface area contributed by atoms with Crippen LogP contribution < -0.4 is 5.32 Å². The Morgan fingerprint density at radius 2 is 2.00 bits per heavy atom. The summed E-state index contributed by atoms with van der Waals surface area (Å²) in [5.41, 5.74) is 0. The monoisotopic (exact) mass is 336 g/mol. The SMILES string of the molecule is CCOC(=O)N1CCC(NC(=O)C2CCCN(CCC#N)C2)CC1. The van der Waals surface area contributed by atoms with Gasteiger partial charge in [0.15, 0.2) is 0 Å². The minimum atomic E-state index is -0.261. The zero-order valence-electron chi connectivity index (χ0n) is 14.5. The third kappa shape index (κ3) is 5.38. The maximum atomic E-state index is 12.5. The molecular formula is C17H28N4O3. The molecule has 2 aliphatic heterocycles. The van der Waals surface area contributed by atoms with E-state index < -0.39 is 0 Å². The highest BCUT2D eigenvalue weighted by Crippen LogP contribution is 2.18. The number of rotatable bonds is 5. The van der Waals surface area contributed by atoms with E-state index in [4.69, 9.17) is 10.00 Å². The fourth-order valence-electron chi connectivity index (χ4n) is 3.42. The molecule has 1 atom stereocenters. The third-order valence-corrected chi connectivity index (χ3v) is 4.78. The lowest BCUT2D eigenvalue weighted by molar-refractivity contribution is -0.127. The van der Waals surface area contributed by atoms with Gasteiger partial charge < -0.3 is 19.9 Å². The smallest absolute Gasteiger partial charge is 0.409 e. The molecular weight excluding hydrogens is 308 g/mol. The van der Waals surface area contributed by atoms with Crippen LogP contribution in [0.5, 0.6) is 0 Å². The van der Waals surface area contributed by atoms with Crippen LogP contribution in [0.1, 0.15) is 39.0 Å². The van der Waals surface area contributed by atoms with Crippen molar-refractivity contribution in [3.63, 3.8) is 0 Å². The van der Waals surface area contributed by atoms with E-state index in [-0.39, 0.29) is 24.0 Å². The minimum absolute atomic E-state index is 0.0144. The second kappa shape index (κ2) is 9.48. The lowest BCUT2D eigenvalue weighted by atomic mass is 9.95. The third-order valence-electron chi connectivity index (χ3n) is 4.78. The average molecular weight is 336 g/mol. The molecule has 0 bridgehead atoms. The maximum Gasteiger partial charge on any atom is 0.409 e. The number of carbonyl (C=O) groups excluding carboxylic acids is 2. The Morgan fingerprint density at radius 1 is 1.25 bits per heavy atom. The summed E-state index contributed by atoms with van der Waals surface area (Å²) >= 11 is 0. The van der Waals surface area contributed by atoms with E-state index in [1.54, 1.807) is 11.8 Å². The number of nitriles is 1. The van der Waals surface area contributed by atoms with Gasteiger partial charge in [-0.2, -0.15) is 5.26 Å². The Balaban J connectivity index is 1.73. The second-order valence-electron chi connectivity index (χ2n) is 6.52. The van der Waals surface area contributed by atoms with Gasteiger partial charge in [0.1, 0.15) is 0 Å². The number of amides is 2. The zero-order chi connectivity index (χ0) is 17.4. The van der Waals surface area contributed by atoms with E-state index >= 15 is 0 Å². The van der Waals surface area contributed by atoms with E-state index in [9.17, 15) is 9.59 Å². The van der Waals surface area contributed by atoms with Crippen LogP contribution in [0.15, 0.2) is 0 Å². The van der Waals surface area contributed by atoms with Gasteiger partial charge in [-0.3, -0.25) is 4.79 Å². The van der Waals surface area contributed by atoms with Crippen molar-refractivity contribution in [3.8, 4) is 6.07 Å². The van der Waals surface area contributed by atoms with Crippen LogP contribution in [0.25, 0.3) is 0 Å². The van der Waals surface area contributed by atoms with Crippen molar-refractivity contribution in [1.82, 2.24) is 15.1 Å². The van der Waals surface area contributed by atoms with Crippen molar-refractivity contribution < 1.29 is 14.3 Å². The number of nitrogens with zero attached hydrogens (tertiary/aromatic N) is 3. The van der Waals surface area contributed by atoms with Crippen LogP contribution in [0.2, 0.25) is 0 Å². The number of ether oxygens (including phenoxy) is 1. The molecule has 2 heterocycles. The van der Waals surface area contributed by atoms with Gasteiger partial charge in [-0.1, -0.05) is 0 Å². The Hall–Kier alpha value is -1.81. The number of piperidine rings is 2. The van der Waals surface area contributed by atoms with Crippen LogP contribution in [-0.2, 0) is 9.53 Å². The van der Waals surface area contributed by atoms with Gasteiger partial charge in [-0.25, -0.2) is 4.79 Å². The van der Waals surface area contributed by atoms with Crippen LogP contribution in [0.4, 0.5) is 4.79 Å². The van der Waals surface area contributed by atoms with Crippen LogP contribution >= 0.6 is 0 Å². The predicted octanol–water partition coefficient (Wildman–Crippen LogP) is 1.35. The van der Waals surface area contributed by atoms with Crippen molar-refractivity contribution >= 4 is 12.0 Å². The Kier molecular flexibility index (Phi) is 7.32. The number of hydrogen-bond donors (Lipinski definition) is 1. The summed E-state index contributed by atoms with van der Waals surface area (Å²) in [6, 6.07) is 2.30. The van der Waals surface area contributed by atoms with Crippen molar-refractivity contribution in [2.75, 3.05) is 39.3 Å². The summed E-state index contributed by atoms with van der Waals surface area (Å²) in [5.74, 6) is 0.131. The molecule has 134 valence electrons. The van der Waals surface area contributed by atoms with Crippen molar-refractivity contribution in [3.05, 3.63) is 0 Å².